The Labute approximate surface area is 131 Å². The van der Waals surface area contributed by atoms with Gasteiger partial charge in [-0.05, 0) is 30.7 Å². The number of aryl methyl sites for hydroxylation is 1. The fourth-order valence-electron chi connectivity index (χ4n) is 2.29. The molecule has 7 heteroatoms. The number of carbonyl (C=O) groups is 1. The lowest BCUT2D eigenvalue weighted by atomic mass is 10.2. The van der Waals surface area contributed by atoms with Crippen LogP contribution in [0.1, 0.15) is 16.1 Å². The molecular formula is C14H16BrN5O. The van der Waals surface area contributed by atoms with Crippen molar-refractivity contribution in [1.82, 2.24) is 25.2 Å². The first-order valence-corrected chi connectivity index (χ1v) is 7.63. The second-order valence-electron chi connectivity index (χ2n) is 5.02. The number of piperazine rings is 1. The molecule has 0 spiro atoms. The van der Waals surface area contributed by atoms with Crippen molar-refractivity contribution in [2.75, 3.05) is 26.2 Å². The Kier molecular flexibility index (Phi) is 4.03. The Bertz CT molecular complexity index is 663. The third kappa shape index (κ3) is 2.98. The van der Waals surface area contributed by atoms with Crippen molar-refractivity contribution < 1.29 is 4.79 Å². The first-order chi connectivity index (χ1) is 10.1. The highest BCUT2D eigenvalue weighted by atomic mass is 79.9. The summed E-state index contributed by atoms with van der Waals surface area (Å²) in [6.07, 6.45) is 1.69. The van der Waals surface area contributed by atoms with Gasteiger partial charge in [-0.1, -0.05) is 21.1 Å². The zero-order valence-corrected chi connectivity index (χ0v) is 13.3. The molecule has 0 bridgehead atoms. The number of benzene rings is 1. The molecule has 21 heavy (non-hydrogen) atoms. The Morgan fingerprint density at radius 2 is 2.10 bits per heavy atom. The zero-order valence-electron chi connectivity index (χ0n) is 11.7. The molecule has 0 aliphatic carbocycles. The van der Waals surface area contributed by atoms with Gasteiger partial charge in [-0.25, -0.2) is 4.68 Å². The van der Waals surface area contributed by atoms with Crippen LogP contribution in [0.3, 0.4) is 0 Å². The number of nitrogens with one attached hydrogen (secondary N) is 1. The summed E-state index contributed by atoms with van der Waals surface area (Å²) in [5.41, 5.74) is 2.39. The lowest BCUT2D eigenvalue weighted by Gasteiger charge is -2.26. The van der Waals surface area contributed by atoms with Crippen molar-refractivity contribution in [3.05, 3.63) is 40.1 Å². The van der Waals surface area contributed by atoms with E-state index in [1.165, 1.54) is 0 Å². The third-order valence-electron chi connectivity index (χ3n) is 3.52. The fraction of sp³-hybridized carbons (Fsp3) is 0.357. The molecule has 1 aliphatic heterocycles. The maximum atomic E-state index is 12.3. The standard InChI is InChI=1S/C14H16BrN5O/c1-10-8-11(2-3-12(10)15)20-9-13(17-18-20)14(21)19-6-4-16-5-7-19/h2-3,8-9,16H,4-7H2,1H3. The van der Waals surface area contributed by atoms with Crippen molar-refractivity contribution in [2.45, 2.75) is 6.92 Å². The summed E-state index contributed by atoms with van der Waals surface area (Å²) in [6.45, 7) is 5.08. The van der Waals surface area contributed by atoms with Crippen LogP contribution in [0.4, 0.5) is 0 Å². The summed E-state index contributed by atoms with van der Waals surface area (Å²) >= 11 is 3.47. The van der Waals surface area contributed by atoms with Gasteiger partial charge in [-0.15, -0.1) is 5.10 Å². The van der Waals surface area contributed by atoms with Crippen molar-refractivity contribution >= 4 is 21.8 Å². The first-order valence-electron chi connectivity index (χ1n) is 6.84. The number of hydrogen-bond donors (Lipinski definition) is 1. The van der Waals surface area contributed by atoms with E-state index in [2.05, 4.69) is 31.6 Å². The Morgan fingerprint density at radius 1 is 1.33 bits per heavy atom. The third-order valence-corrected chi connectivity index (χ3v) is 4.41. The minimum Gasteiger partial charge on any atom is -0.335 e. The molecule has 2 aromatic rings. The molecule has 1 amide bonds. The van der Waals surface area contributed by atoms with E-state index in [-0.39, 0.29) is 5.91 Å². The van der Waals surface area contributed by atoms with Gasteiger partial charge in [0.25, 0.3) is 5.91 Å². The van der Waals surface area contributed by atoms with Gasteiger partial charge in [0.05, 0.1) is 11.9 Å². The van der Waals surface area contributed by atoms with Crippen LogP contribution in [-0.2, 0) is 0 Å². The molecule has 0 atom stereocenters. The first kappa shape index (κ1) is 14.2. The van der Waals surface area contributed by atoms with Crippen molar-refractivity contribution in [2.24, 2.45) is 0 Å². The molecule has 1 aromatic heterocycles. The Hall–Kier alpha value is -1.73. The summed E-state index contributed by atoms with van der Waals surface area (Å²) < 4.78 is 2.68. The molecule has 0 radical (unpaired) electrons. The minimum atomic E-state index is -0.0587. The van der Waals surface area contributed by atoms with Crippen LogP contribution >= 0.6 is 15.9 Å². The van der Waals surface area contributed by atoms with E-state index in [0.29, 0.717) is 18.8 Å². The normalized spacial score (nSPS) is 15.2. The molecule has 1 saturated heterocycles. The van der Waals surface area contributed by atoms with Crippen LogP contribution in [-0.4, -0.2) is 52.0 Å². The Morgan fingerprint density at radius 3 is 2.81 bits per heavy atom. The summed E-state index contributed by atoms with van der Waals surface area (Å²) in [7, 11) is 0. The van der Waals surface area contributed by atoms with E-state index in [1.54, 1.807) is 15.8 Å². The molecule has 1 aromatic carbocycles. The van der Waals surface area contributed by atoms with Gasteiger partial charge in [-0.2, -0.15) is 0 Å². The van der Waals surface area contributed by atoms with E-state index in [9.17, 15) is 4.79 Å². The average molecular weight is 350 g/mol. The van der Waals surface area contributed by atoms with Gasteiger partial charge in [-0.3, -0.25) is 4.79 Å². The predicted molar refractivity (Wildman–Crippen MR) is 82.6 cm³/mol. The number of hydrogen-bond acceptors (Lipinski definition) is 4. The quantitative estimate of drug-likeness (QED) is 0.889. The summed E-state index contributed by atoms with van der Waals surface area (Å²) in [4.78, 5) is 14.1. The summed E-state index contributed by atoms with van der Waals surface area (Å²) in [5.74, 6) is -0.0587. The largest absolute Gasteiger partial charge is 0.335 e. The van der Waals surface area contributed by atoms with Gasteiger partial charge in [0.1, 0.15) is 0 Å². The predicted octanol–water partition coefficient (Wildman–Crippen LogP) is 1.38. The molecule has 1 fully saturated rings. The topological polar surface area (TPSA) is 63.1 Å². The second-order valence-corrected chi connectivity index (χ2v) is 5.88. The van der Waals surface area contributed by atoms with Gasteiger partial charge < -0.3 is 10.2 Å². The van der Waals surface area contributed by atoms with Crippen LogP contribution in [0.2, 0.25) is 0 Å². The van der Waals surface area contributed by atoms with Crippen LogP contribution in [0.5, 0.6) is 0 Å². The summed E-state index contributed by atoms with van der Waals surface area (Å²) in [5, 5.41) is 11.3. The number of carbonyl (C=O) groups excluding carboxylic acids is 1. The molecule has 3 rings (SSSR count). The molecule has 0 unspecified atom stereocenters. The fourth-order valence-corrected chi connectivity index (χ4v) is 2.54. The second kappa shape index (κ2) is 5.95. The lowest BCUT2D eigenvalue weighted by Crippen LogP contribution is -2.46. The van der Waals surface area contributed by atoms with Crippen LogP contribution in [0, 0.1) is 6.92 Å². The number of halogens is 1. The van der Waals surface area contributed by atoms with E-state index in [1.807, 2.05) is 25.1 Å². The number of amides is 1. The monoisotopic (exact) mass is 349 g/mol. The molecule has 0 saturated carbocycles. The van der Waals surface area contributed by atoms with E-state index < -0.39 is 0 Å². The van der Waals surface area contributed by atoms with E-state index >= 15 is 0 Å². The number of nitrogens with zero attached hydrogens (tertiary/aromatic N) is 4. The van der Waals surface area contributed by atoms with E-state index in [0.717, 1.165) is 28.8 Å². The van der Waals surface area contributed by atoms with Crippen molar-refractivity contribution in [3.63, 3.8) is 0 Å². The maximum absolute atomic E-state index is 12.3. The summed E-state index contributed by atoms with van der Waals surface area (Å²) in [6, 6.07) is 5.90. The molecule has 1 aliphatic rings. The van der Waals surface area contributed by atoms with Crippen molar-refractivity contribution in [3.8, 4) is 5.69 Å². The van der Waals surface area contributed by atoms with Crippen LogP contribution < -0.4 is 5.32 Å². The van der Waals surface area contributed by atoms with E-state index in [4.69, 9.17) is 0 Å². The smallest absolute Gasteiger partial charge is 0.276 e. The lowest BCUT2D eigenvalue weighted by molar-refractivity contribution is 0.0730. The van der Waals surface area contributed by atoms with Crippen molar-refractivity contribution in [1.29, 1.82) is 0 Å². The SMILES string of the molecule is Cc1cc(-n2cc(C(=O)N3CCNCC3)nn2)ccc1Br. The highest BCUT2D eigenvalue weighted by Gasteiger charge is 2.20. The van der Waals surface area contributed by atoms with Gasteiger partial charge >= 0.3 is 0 Å². The molecular weight excluding hydrogens is 334 g/mol. The molecule has 110 valence electrons. The highest BCUT2D eigenvalue weighted by molar-refractivity contribution is 9.10. The van der Waals surface area contributed by atoms with Crippen LogP contribution in [0.25, 0.3) is 5.69 Å². The average Bonchev–Trinajstić information content (AvgIpc) is 3.00. The van der Waals surface area contributed by atoms with Gasteiger partial charge in [0.15, 0.2) is 5.69 Å². The van der Waals surface area contributed by atoms with Gasteiger partial charge in [0, 0.05) is 30.7 Å². The van der Waals surface area contributed by atoms with Crippen LogP contribution in [0.15, 0.2) is 28.9 Å². The maximum Gasteiger partial charge on any atom is 0.276 e. The Balaban J connectivity index is 1.82. The minimum absolute atomic E-state index is 0.0587. The number of rotatable bonds is 2. The highest BCUT2D eigenvalue weighted by Crippen LogP contribution is 2.19. The molecule has 1 N–H and O–H groups in total. The molecule has 6 nitrogen and oxygen atoms in total. The van der Waals surface area contributed by atoms with Gasteiger partial charge in [0.2, 0.25) is 0 Å². The zero-order chi connectivity index (χ0) is 14.8. The molecule has 2 heterocycles. The number of aromatic nitrogens is 3.